The Kier molecular flexibility index (Phi) is 6.53. The van der Waals surface area contributed by atoms with Crippen LogP contribution < -0.4 is 0 Å². The lowest BCUT2D eigenvalue weighted by molar-refractivity contribution is 0.0314. The summed E-state index contributed by atoms with van der Waals surface area (Å²) in [4.78, 5) is 22.3. The zero-order chi connectivity index (χ0) is 21.9. The van der Waals surface area contributed by atoms with Crippen molar-refractivity contribution in [2.45, 2.75) is 51.3 Å². The highest BCUT2D eigenvalue weighted by Gasteiger charge is 2.34. The Hall–Kier alpha value is -2.28. The maximum atomic E-state index is 13.1. The topological polar surface area (TPSA) is 45.7 Å². The molecule has 2 aromatic carbocycles. The van der Waals surface area contributed by atoms with Crippen LogP contribution in [0.25, 0.3) is 10.2 Å². The van der Waals surface area contributed by atoms with Crippen molar-refractivity contribution in [2.75, 3.05) is 26.2 Å². The summed E-state index contributed by atoms with van der Waals surface area (Å²) in [5.74, 6) is 0.153. The summed E-state index contributed by atoms with van der Waals surface area (Å²) in [7, 11) is 0. The van der Waals surface area contributed by atoms with Crippen molar-refractivity contribution in [2.24, 2.45) is 0 Å². The molecular formula is C26H31N3O2S. The molecule has 32 heavy (non-hydrogen) atoms. The van der Waals surface area contributed by atoms with Gasteiger partial charge in [0.1, 0.15) is 0 Å². The molecule has 6 heteroatoms. The average molecular weight is 450 g/mol. The lowest BCUT2D eigenvalue weighted by atomic mass is 10.0. The molecule has 3 aromatic rings. The van der Waals surface area contributed by atoms with Gasteiger partial charge in [-0.15, -0.1) is 11.3 Å². The van der Waals surface area contributed by atoms with Crippen molar-refractivity contribution >= 4 is 27.5 Å². The van der Waals surface area contributed by atoms with E-state index in [2.05, 4.69) is 34.1 Å². The number of nitrogens with zero attached hydrogens (tertiary/aromatic N) is 3. The first-order valence-corrected chi connectivity index (χ1v) is 12.5. The van der Waals surface area contributed by atoms with Crippen LogP contribution in [0.3, 0.4) is 0 Å². The summed E-state index contributed by atoms with van der Waals surface area (Å²) in [6, 6.07) is 17.4. The normalized spacial score (nSPS) is 20.3. The van der Waals surface area contributed by atoms with Crippen molar-refractivity contribution in [1.29, 1.82) is 0 Å². The number of aryl methyl sites for hydroxylation is 1. The number of hydrogen-bond acceptors (Lipinski definition) is 5. The molecule has 1 atom stereocenters. The van der Waals surface area contributed by atoms with E-state index in [0.717, 1.165) is 59.9 Å². The molecule has 2 aliphatic rings. The Labute approximate surface area is 194 Å². The molecule has 0 saturated carbocycles. The van der Waals surface area contributed by atoms with Crippen LogP contribution >= 0.6 is 11.3 Å². The summed E-state index contributed by atoms with van der Waals surface area (Å²) in [5, 5.41) is 1.04. The first-order valence-electron chi connectivity index (χ1n) is 11.7. The van der Waals surface area contributed by atoms with Crippen LogP contribution in [-0.2, 0) is 11.3 Å². The molecule has 3 heterocycles. The van der Waals surface area contributed by atoms with Crippen molar-refractivity contribution in [1.82, 2.24) is 14.8 Å². The van der Waals surface area contributed by atoms with E-state index < -0.39 is 0 Å². The van der Waals surface area contributed by atoms with Crippen LogP contribution in [0.2, 0.25) is 0 Å². The smallest absolute Gasteiger partial charge is 0.253 e. The molecule has 5 rings (SSSR count). The number of rotatable bonds is 6. The van der Waals surface area contributed by atoms with Gasteiger partial charge in [0, 0.05) is 30.7 Å². The van der Waals surface area contributed by atoms with E-state index in [0.29, 0.717) is 18.7 Å². The van der Waals surface area contributed by atoms with E-state index in [9.17, 15) is 4.79 Å². The molecule has 0 radical (unpaired) electrons. The van der Waals surface area contributed by atoms with Crippen molar-refractivity contribution in [3.63, 3.8) is 0 Å². The van der Waals surface area contributed by atoms with Crippen LogP contribution in [0.15, 0.2) is 48.5 Å². The van der Waals surface area contributed by atoms with Crippen molar-refractivity contribution < 1.29 is 9.53 Å². The minimum Gasteiger partial charge on any atom is -0.375 e. The highest BCUT2D eigenvalue weighted by atomic mass is 32.1. The van der Waals surface area contributed by atoms with Gasteiger partial charge in [0.2, 0.25) is 0 Å². The zero-order valence-corrected chi connectivity index (χ0v) is 19.5. The molecule has 1 unspecified atom stereocenters. The van der Waals surface area contributed by atoms with E-state index in [4.69, 9.17) is 4.74 Å². The number of benzene rings is 2. The molecule has 0 aliphatic carbocycles. The largest absolute Gasteiger partial charge is 0.375 e. The maximum absolute atomic E-state index is 13.1. The second kappa shape index (κ2) is 9.69. The molecule has 5 nitrogen and oxygen atoms in total. The second-order valence-corrected chi connectivity index (χ2v) is 10.2. The number of ether oxygens (including phenoxy) is 1. The third-order valence-corrected chi connectivity index (χ3v) is 7.74. The Bertz CT molecular complexity index is 1060. The highest BCUT2D eigenvalue weighted by molar-refractivity contribution is 7.18. The number of likely N-dealkylation sites (tertiary alicyclic amines) is 2. The number of amides is 1. The van der Waals surface area contributed by atoms with Crippen molar-refractivity contribution in [3.8, 4) is 0 Å². The van der Waals surface area contributed by atoms with Gasteiger partial charge in [-0.2, -0.15) is 0 Å². The number of piperidine rings is 1. The zero-order valence-electron chi connectivity index (χ0n) is 18.7. The van der Waals surface area contributed by atoms with E-state index in [-0.39, 0.29) is 5.91 Å². The van der Waals surface area contributed by atoms with Crippen LogP contribution in [0, 0.1) is 6.92 Å². The maximum Gasteiger partial charge on any atom is 0.253 e. The molecule has 2 aliphatic heterocycles. The second-order valence-electron chi connectivity index (χ2n) is 8.97. The van der Waals surface area contributed by atoms with Crippen LogP contribution in [-0.4, -0.2) is 59.0 Å². The third kappa shape index (κ3) is 4.72. The predicted octanol–water partition coefficient (Wildman–Crippen LogP) is 4.89. The van der Waals surface area contributed by atoms with E-state index in [1.165, 1.54) is 18.4 Å². The summed E-state index contributed by atoms with van der Waals surface area (Å²) in [6.45, 7) is 6.30. The minimum absolute atomic E-state index is 0.153. The van der Waals surface area contributed by atoms with Crippen LogP contribution in [0.4, 0.5) is 0 Å². The first-order chi connectivity index (χ1) is 15.7. The quantitative estimate of drug-likeness (QED) is 0.538. The number of thiazole rings is 1. The fourth-order valence-electron chi connectivity index (χ4n) is 5.16. The number of carbonyl (C=O) groups is 1. The number of carbonyl (C=O) groups excluding carboxylic acids is 1. The Morgan fingerprint density at radius 3 is 2.72 bits per heavy atom. The average Bonchev–Trinajstić information content (AvgIpc) is 3.44. The molecular weight excluding hydrogens is 418 g/mol. The fraction of sp³-hybridized carbons (Fsp3) is 0.462. The molecule has 2 fully saturated rings. The third-order valence-electron chi connectivity index (χ3n) is 6.81. The van der Waals surface area contributed by atoms with E-state index in [1.54, 1.807) is 11.3 Å². The molecule has 0 bridgehead atoms. The number of hydrogen-bond donors (Lipinski definition) is 0. The molecule has 2 saturated heterocycles. The van der Waals surface area contributed by atoms with Gasteiger partial charge < -0.3 is 9.64 Å². The summed E-state index contributed by atoms with van der Waals surface area (Å²) in [6.07, 6.45) is 4.54. The van der Waals surface area contributed by atoms with Crippen LogP contribution in [0.1, 0.15) is 46.6 Å². The fourth-order valence-corrected chi connectivity index (χ4v) is 6.03. The summed E-state index contributed by atoms with van der Waals surface area (Å²) >= 11 is 1.65. The van der Waals surface area contributed by atoms with E-state index in [1.807, 2.05) is 36.1 Å². The summed E-state index contributed by atoms with van der Waals surface area (Å²) in [5.41, 5.74) is 3.00. The molecule has 0 spiro atoms. The lowest BCUT2D eigenvalue weighted by Gasteiger charge is -2.39. The SMILES string of the molecule is Cc1nc2ccc(C(=O)N3CCC(N4CCCC4COCc4ccccc4)CC3)cc2s1. The minimum atomic E-state index is 0.153. The first kappa shape index (κ1) is 21.6. The standard InChI is InChI=1S/C26H31N3O2S/c1-19-27-24-10-9-21(16-25(24)32-19)26(30)28-14-11-22(12-15-28)29-13-5-8-23(29)18-31-17-20-6-3-2-4-7-20/h2-4,6-7,9-10,16,22-23H,5,8,11-15,17-18H2,1H3. The van der Waals surface area contributed by atoms with Gasteiger partial charge in [0.15, 0.2) is 0 Å². The highest BCUT2D eigenvalue weighted by Crippen LogP contribution is 2.28. The van der Waals surface area contributed by atoms with Crippen molar-refractivity contribution in [3.05, 3.63) is 64.7 Å². The molecule has 168 valence electrons. The van der Waals surface area contributed by atoms with Gasteiger partial charge >= 0.3 is 0 Å². The lowest BCUT2D eigenvalue weighted by Crippen LogP contribution is -2.49. The van der Waals surface area contributed by atoms with Gasteiger partial charge in [0.05, 0.1) is 28.4 Å². The van der Waals surface area contributed by atoms with E-state index >= 15 is 0 Å². The molecule has 1 amide bonds. The number of aromatic nitrogens is 1. The van der Waals surface area contributed by atoms with Gasteiger partial charge in [0.25, 0.3) is 5.91 Å². The Balaban J connectivity index is 1.14. The van der Waals surface area contributed by atoms with Crippen LogP contribution in [0.5, 0.6) is 0 Å². The van der Waals surface area contributed by atoms with Gasteiger partial charge in [-0.25, -0.2) is 4.98 Å². The monoisotopic (exact) mass is 449 g/mol. The van der Waals surface area contributed by atoms with Gasteiger partial charge in [-0.05, 0) is 62.9 Å². The Morgan fingerprint density at radius 1 is 1.09 bits per heavy atom. The summed E-state index contributed by atoms with van der Waals surface area (Å²) < 4.78 is 7.16. The molecule has 1 aromatic heterocycles. The number of fused-ring (bicyclic) bond motifs is 1. The van der Waals surface area contributed by atoms with Gasteiger partial charge in [-0.3, -0.25) is 9.69 Å². The Morgan fingerprint density at radius 2 is 1.91 bits per heavy atom. The molecule has 0 N–H and O–H groups in total. The predicted molar refractivity (Wildman–Crippen MR) is 129 cm³/mol. The van der Waals surface area contributed by atoms with Gasteiger partial charge in [-0.1, -0.05) is 30.3 Å².